The molecule has 0 saturated heterocycles. The number of sulfone groups is 2. The van der Waals surface area contributed by atoms with Crippen LogP contribution in [-0.2, 0) is 30.5 Å². The Hall–Kier alpha value is -1.34. The summed E-state index contributed by atoms with van der Waals surface area (Å²) in [6.45, 7) is 11.6. The minimum Gasteiger partial charge on any atom is -0.507 e. The highest BCUT2D eigenvalue weighted by Crippen LogP contribution is 2.40. The summed E-state index contributed by atoms with van der Waals surface area (Å²) in [6.07, 6.45) is 2.90. The highest BCUT2D eigenvalue weighted by atomic mass is 32.3. The van der Waals surface area contributed by atoms with Crippen LogP contribution in [0.1, 0.15) is 58.2 Å². The fraction of sp³-hybridized carbons (Fsp3) is 0.556. The molecule has 142 valence electrons. The van der Waals surface area contributed by atoms with Gasteiger partial charge in [0, 0.05) is 23.6 Å². The lowest BCUT2D eigenvalue weighted by Crippen LogP contribution is -2.18. The third kappa shape index (κ3) is 5.31. The zero-order valence-electron chi connectivity index (χ0n) is 16.1. The Morgan fingerprint density at radius 3 is 1.40 bits per heavy atom. The van der Waals surface area contributed by atoms with Crippen molar-refractivity contribution in [1.82, 2.24) is 0 Å². The molecular formula is C18H28O5S2. The number of phenols is 1. The smallest absolute Gasteiger partial charge is 0.186 e. The zero-order chi connectivity index (χ0) is 20.0. The van der Waals surface area contributed by atoms with Crippen LogP contribution < -0.4 is 0 Å². The Morgan fingerprint density at radius 1 is 0.840 bits per heavy atom. The second-order valence-electron chi connectivity index (χ2n) is 8.47. The van der Waals surface area contributed by atoms with Crippen molar-refractivity contribution in [1.29, 1.82) is 0 Å². The van der Waals surface area contributed by atoms with E-state index in [-0.39, 0.29) is 5.75 Å². The van der Waals surface area contributed by atoms with E-state index in [1.807, 2.05) is 41.5 Å². The summed E-state index contributed by atoms with van der Waals surface area (Å²) in [5, 5.41) is 10.7. The van der Waals surface area contributed by atoms with E-state index in [1.165, 1.54) is 0 Å². The van der Waals surface area contributed by atoms with Gasteiger partial charge >= 0.3 is 0 Å². The molecule has 0 atom stereocenters. The topological polar surface area (TPSA) is 88.5 Å². The molecule has 0 radical (unpaired) electrons. The molecule has 5 nitrogen and oxygen atoms in total. The van der Waals surface area contributed by atoms with Crippen LogP contribution in [0.15, 0.2) is 16.4 Å². The Kier molecular flexibility index (Phi) is 5.58. The van der Waals surface area contributed by atoms with Crippen LogP contribution in [0.4, 0.5) is 0 Å². The Balaban J connectivity index is 3.93. The van der Waals surface area contributed by atoms with Crippen molar-refractivity contribution >= 4 is 25.8 Å². The minimum absolute atomic E-state index is 0.150. The van der Waals surface area contributed by atoms with Crippen LogP contribution in [0.3, 0.4) is 0 Å². The van der Waals surface area contributed by atoms with Crippen molar-refractivity contribution in [2.24, 2.45) is 0 Å². The maximum Gasteiger partial charge on any atom is 0.186 e. The molecule has 0 amide bonds. The third-order valence-electron chi connectivity index (χ3n) is 3.76. The molecule has 1 aromatic rings. The maximum absolute atomic E-state index is 11.9. The molecule has 0 fully saturated rings. The summed E-state index contributed by atoms with van der Waals surface area (Å²) in [6, 6.07) is 3.28. The molecule has 0 aliphatic carbocycles. The van der Waals surface area contributed by atoms with Crippen molar-refractivity contribution in [3.63, 3.8) is 0 Å². The average molecular weight is 389 g/mol. The Morgan fingerprint density at radius 2 is 1.16 bits per heavy atom. The molecule has 0 heterocycles. The SMILES string of the molecule is CC(C)(C)c1cc(C=C(S(C)(=O)=O)S(C)(=O)=O)cc(C(C)(C)C)c1O. The van der Waals surface area contributed by atoms with Gasteiger partial charge in [-0.3, -0.25) is 0 Å². The zero-order valence-corrected chi connectivity index (χ0v) is 17.8. The first-order valence-corrected chi connectivity index (χ1v) is 11.6. The van der Waals surface area contributed by atoms with Crippen molar-refractivity contribution < 1.29 is 21.9 Å². The van der Waals surface area contributed by atoms with Crippen molar-refractivity contribution in [2.75, 3.05) is 12.5 Å². The Bertz CT molecular complexity index is 838. The number of hydrogen-bond acceptors (Lipinski definition) is 5. The molecule has 0 saturated carbocycles. The van der Waals surface area contributed by atoms with E-state index in [9.17, 15) is 21.9 Å². The van der Waals surface area contributed by atoms with Crippen LogP contribution in [0.2, 0.25) is 0 Å². The first-order chi connectivity index (χ1) is 10.8. The number of rotatable bonds is 3. The molecule has 25 heavy (non-hydrogen) atoms. The predicted octanol–water partition coefficient (Wildman–Crippen LogP) is 3.37. The van der Waals surface area contributed by atoms with Gasteiger partial charge in [0.25, 0.3) is 0 Å². The highest BCUT2D eigenvalue weighted by molar-refractivity contribution is 8.14. The number of phenolic OH excluding ortho intramolecular Hbond substituents is 1. The standard InChI is InChI=1S/C18H28O5S2/c1-17(2,3)13-9-12(10-14(16(13)19)18(4,5)6)11-15(24(7,20)21)25(8,22)23/h9-11,19H,1-8H3. The lowest BCUT2D eigenvalue weighted by molar-refractivity contribution is 0.423. The van der Waals surface area contributed by atoms with E-state index < -0.39 is 34.7 Å². The number of benzene rings is 1. The summed E-state index contributed by atoms with van der Waals surface area (Å²) in [7, 11) is -7.83. The average Bonchev–Trinajstić information content (AvgIpc) is 2.31. The normalized spacial score (nSPS) is 13.6. The third-order valence-corrected chi connectivity index (χ3v) is 7.28. The van der Waals surface area contributed by atoms with Crippen LogP contribution in [-0.4, -0.2) is 34.5 Å². The minimum atomic E-state index is -3.92. The van der Waals surface area contributed by atoms with Gasteiger partial charge < -0.3 is 5.11 Å². The lowest BCUT2D eigenvalue weighted by atomic mass is 9.78. The van der Waals surface area contributed by atoms with Gasteiger partial charge in [-0.05, 0) is 34.6 Å². The first-order valence-electron chi connectivity index (χ1n) is 7.85. The molecule has 1 aromatic carbocycles. The van der Waals surface area contributed by atoms with Gasteiger partial charge in [-0.15, -0.1) is 0 Å². The molecule has 1 rings (SSSR count). The summed E-state index contributed by atoms with van der Waals surface area (Å²) in [4.78, 5) is 0. The van der Waals surface area contributed by atoms with E-state index in [4.69, 9.17) is 0 Å². The predicted molar refractivity (Wildman–Crippen MR) is 103 cm³/mol. The van der Waals surface area contributed by atoms with Crippen LogP contribution in [0.5, 0.6) is 5.75 Å². The molecular weight excluding hydrogens is 360 g/mol. The molecule has 0 aromatic heterocycles. The Labute approximate surface area is 151 Å². The first kappa shape index (κ1) is 21.7. The lowest BCUT2D eigenvalue weighted by Gasteiger charge is -2.28. The maximum atomic E-state index is 11.9. The fourth-order valence-corrected chi connectivity index (χ4v) is 5.41. The van der Waals surface area contributed by atoms with Crippen LogP contribution in [0.25, 0.3) is 6.08 Å². The molecule has 0 aliphatic rings. The van der Waals surface area contributed by atoms with E-state index >= 15 is 0 Å². The molecule has 0 bridgehead atoms. The summed E-state index contributed by atoms with van der Waals surface area (Å²) < 4.78 is 47.0. The highest BCUT2D eigenvalue weighted by Gasteiger charge is 2.28. The van der Waals surface area contributed by atoms with Crippen molar-refractivity contribution in [2.45, 2.75) is 52.4 Å². The molecule has 0 aliphatic heterocycles. The molecule has 7 heteroatoms. The second-order valence-corrected chi connectivity index (χ2v) is 12.7. The van der Waals surface area contributed by atoms with Crippen molar-refractivity contribution in [3.8, 4) is 5.75 Å². The molecule has 0 unspecified atom stereocenters. The van der Waals surface area contributed by atoms with E-state index in [1.54, 1.807) is 12.1 Å². The van der Waals surface area contributed by atoms with Gasteiger partial charge in [-0.1, -0.05) is 41.5 Å². The second kappa shape index (κ2) is 6.43. The molecule has 1 N–H and O–H groups in total. The number of aromatic hydroxyl groups is 1. The largest absolute Gasteiger partial charge is 0.507 e. The van der Waals surface area contributed by atoms with Gasteiger partial charge in [0.15, 0.2) is 23.9 Å². The molecule has 0 spiro atoms. The van der Waals surface area contributed by atoms with E-state index in [0.717, 1.165) is 18.6 Å². The van der Waals surface area contributed by atoms with Crippen LogP contribution >= 0.6 is 0 Å². The summed E-state index contributed by atoms with van der Waals surface area (Å²) in [5.41, 5.74) is 0.896. The summed E-state index contributed by atoms with van der Waals surface area (Å²) in [5.74, 6) is 0.150. The number of hydrogen-bond donors (Lipinski definition) is 1. The fourth-order valence-electron chi connectivity index (χ4n) is 2.51. The van der Waals surface area contributed by atoms with Gasteiger partial charge in [-0.2, -0.15) is 0 Å². The summed E-state index contributed by atoms with van der Waals surface area (Å²) >= 11 is 0. The van der Waals surface area contributed by atoms with Gasteiger partial charge in [0.2, 0.25) is 0 Å². The van der Waals surface area contributed by atoms with Gasteiger partial charge in [0.1, 0.15) is 5.75 Å². The monoisotopic (exact) mass is 388 g/mol. The van der Waals surface area contributed by atoms with Gasteiger partial charge in [-0.25, -0.2) is 16.8 Å². The van der Waals surface area contributed by atoms with E-state index in [2.05, 4.69) is 0 Å². The van der Waals surface area contributed by atoms with Crippen molar-refractivity contribution in [3.05, 3.63) is 33.1 Å². The van der Waals surface area contributed by atoms with E-state index in [0.29, 0.717) is 16.7 Å². The van der Waals surface area contributed by atoms with Gasteiger partial charge in [0.05, 0.1) is 0 Å². The van der Waals surface area contributed by atoms with Crippen LogP contribution in [0, 0.1) is 0 Å². The quantitative estimate of drug-likeness (QED) is 0.857.